The molecule has 1 aliphatic rings. The summed E-state index contributed by atoms with van der Waals surface area (Å²) in [6, 6.07) is 0. The first-order valence-corrected chi connectivity index (χ1v) is 24.5. The number of aliphatic hydroxyl groups excluding tert-OH is 2. The highest BCUT2D eigenvalue weighted by atomic mass is 32.2. The number of aromatic nitrogens is 4. The monoisotopic (exact) mass is 935 g/mol. The molecule has 3 rings (SSSR count). The Labute approximate surface area is 350 Å². The van der Waals surface area contributed by atoms with E-state index in [4.69, 9.17) is 19.5 Å². The fourth-order valence-corrected chi connectivity index (χ4v) is 9.41. The number of rotatable bonds is 27. The number of imidazole rings is 1. The summed E-state index contributed by atoms with van der Waals surface area (Å²) in [6.45, 7) is 4.62. The molecule has 1 aliphatic heterocycles. The van der Waals surface area contributed by atoms with Crippen LogP contribution in [0.1, 0.15) is 85.3 Å². The highest BCUT2D eigenvalue weighted by Crippen LogP contribution is 2.61. The minimum absolute atomic E-state index is 0.0327. The van der Waals surface area contributed by atoms with Gasteiger partial charge in [-0.1, -0.05) is 78.0 Å². The largest absolute Gasteiger partial charge is 0.481 e. The number of unbranched alkanes of at least 4 members (excludes halogenated alkanes) is 5. The predicted molar refractivity (Wildman–Crippen MR) is 214 cm³/mol. The Hall–Kier alpha value is -2.44. The fourth-order valence-electron chi connectivity index (χ4n) is 5.77. The zero-order valence-corrected chi connectivity index (χ0v) is 37.1. The van der Waals surface area contributed by atoms with E-state index >= 15 is 0 Å². The third kappa shape index (κ3) is 16.7. The molecule has 0 saturated carbocycles. The molecule has 0 spiro atoms. The lowest BCUT2D eigenvalue weighted by atomic mass is 9.87. The molecule has 24 nitrogen and oxygen atoms in total. The average Bonchev–Trinajstić information content (AvgIpc) is 3.72. The van der Waals surface area contributed by atoms with Gasteiger partial charge in [-0.15, -0.1) is 0 Å². The minimum atomic E-state index is -5.57. The second-order valence-electron chi connectivity index (χ2n) is 14.7. The van der Waals surface area contributed by atoms with Crippen LogP contribution in [0.5, 0.6) is 0 Å². The van der Waals surface area contributed by atoms with Gasteiger partial charge in [0.25, 0.3) is 0 Å². The summed E-state index contributed by atoms with van der Waals surface area (Å²) in [6.07, 6.45) is 0.805. The van der Waals surface area contributed by atoms with Crippen molar-refractivity contribution < 1.29 is 80.5 Å². The zero-order valence-electron chi connectivity index (χ0n) is 33.6. The van der Waals surface area contributed by atoms with Crippen LogP contribution >= 0.6 is 35.2 Å². The molecule has 0 aliphatic carbocycles. The average molecular weight is 936 g/mol. The summed E-state index contributed by atoms with van der Waals surface area (Å²) in [5.41, 5.74) is 4.28. The van der Waals surface area contributed by atoms with E-state index in [1.54, 1.807) is 0 Å². The number of nitrogen functional groups attached to an aromatic ring is 1. The number of fused-ring (bicyclic) bond motifs is 1. The van der Waals surface area contributed by atoms with Crippen LogP contribution in [-0.4, -0.2) is 123 Å². The van der Waals surface area contributed by atoms with Gasteiger partial charge in [0, 0.05) is 36.6 Å². The summed E-state index contributed by atoms with van der Waals surface area (Å²) >= 11 is 1.15. The van der Waals surface area contributed by atoms with E-state index in [1.807, 2.05) is 6.92 Å². The molecular formula is C32H56N7O17P3S. The summed E-state index contributed by atoms with van der Waals surface area (Å²) < 4.78 is 62.3. The molecule has 2 unspecified atom stereocenters. The second-order valence-corrected chi connectivity index (χ2v) is 20.0. The standard InChI is InChI=1S/C32H56N7O17P3S/c1-5-6-7-8-9-10-11-20(2)31(44)60-15-14-34-22(40)12-13-35-29(43)26(42)32(3,4)17-53-59(50,51)56-58(48,49)52-16-21-25(55-57(45,46)47)24(41)30(54-21)39-19-38-23-27(33)36-18-37-28(23)39/h18-21,24-26,30,41-42H,5-17H2,1-4H3,(H,34,40)(H,35,43)(H,48,49)(H,50,51)(H2,33,36,37)(H2,45,46,47)/t20-,21-,24-,25-,26+,30-/m1/s1. The van der Waals surface area contributed by atoms with Gasteiger partial charge in [0.1, 0.15) is 36.3 Å². The molecule has 342 valence electrons. The van der Waals surface area contributed by atoms with Crippen molar-refractivity contribution >= 4 is 69.1 Å². The van der Waals surface area contributed by atoms with Gasteiger partial charge >= 0.3 is 23.5 Å². The van der Waals surface area contributed by atoms with E-state index in [0.717, 1.165) is 48.2 Å². The van der Waals surface area contributed by atoms with Gasteiger partial charge in [-0.25, -0.2) is 28.6 Å². The number of phosphoric ester groups is 3. The van der Waals surface area contributed by atoms with Crippen LogP contribution in [0.3, 0.4) is 0 Å². The van der Waals surface area contributed by atoms with E-state index in [1.165, 1.54) is 39.5 Å². The summed E-state index contributed by atoms with van der Waals surface area (Å²) in [5.74, 6) is -1.12. The normalized spacial score (nSPS) is 21.6. The SMILES string of the molecule is CCCCCCCC[C@@H](C)C(=O)SCCNC(=O)CCNC(=O)[C@H](O)C(C)(C)COP(=O)(O)OP(=O)(O)OC[C@H]1O[C@@H](n2cnc3c(N)ncnc32)[C@H](O)[C@@H]1OP(=O)(O)O. The number of thioether (sulfide) groups is 1. The van der Waals surface area contributed by atoms with Crippen LogP contribution in [0, 0.1) is 11.3 Å². The van der Waals surface area contributed by atoms with Crippen LogP contribution in [0.25, 0.3) is 11.2 Å². The summed E-state index contributed by atoms with van der Waals surface area (Å²) in [7, 11) is -16.4. The van der Waals surface area contributed by atoms with E-state index < -0.39 is 84.6 Å². The zero-order chi connectivity index (χ0) is 44.9. The highest BCUT2D eigenvalue weighted by Gasteiger charge is 2.50. The maximum Gasteiger partial charge on any atom is 0.481 e. The van der Waals surface area contributed by atoms with Crippen molar-refractivity contribution in [1.82, 2.24) is 30.2 Å². The molecule has 0 aromatic carbocycles. The molecule has 10 N–H and O–H groups in total. The molecule has 0 radical (unpaired) electrons. The molecule has 3 heterocycles. The van der Waals surface area contributed by atoms with Gasteiger partial charge in [0.2, 0.25) is 11.8 Å². The maximum atomic E-state index is 12.7. The first kappa shape index (κ1) is 51.9. The van der Waals surface area contributed by atoms with Crippen molar-refractivity contribution in [2.24, 2.45) is 11.3 Å². The lowest BCUT2D eigenvalue weighted by Gasteiger charge is -2.30. The third-order valence-electron chi connectivity index (χ3n) is 9.14. The number of ether oxygens (including phenoxy) is 1. The minimum Gasteiger partial charge on any atom is -0.386 e. The predicted octanol–water partition coefficient (Wildman–Crippen LogP) is 2.05. The number of anilines is 1. The number of amides is 2. The lowest BCUT2D eigenvalue weighted by Crippen LogP contribution is -2.46. The van der Waals surface area contributed by atoms with Gasteiger partial charge in [-0.2, -0.15) is 4.31 Å². The Balaban J connectivity index is 1.42. The molecule has 1 fully saturated rings. The molecule has 60 heavy (non-hydrogen) atoms. The Bertz CT molecular complexity index is 1890. The van der Waals surface area contributed by atoms with Gasteiger partial charge in [0.05, 0.1) is 19.5 Å². The topological polar surface area (TPSA) is 364 Å². The molecule has 2 aromatic heterocycles. The summed E-state index contributed by atoms with van der Waals surface area (Å²) in [5, 5.41) is 26.6. The van der Waals surface area contributed by atoms with E-state index in [2.05, 4.69) is 41.3 Å². The van der Waals surface area contributed by atoms with Gasteiger partial charge < -0.3 is 50.9 Å². The molecule has 8 atom stereocenters. The molecule has 1 saturated heterocycles. The van der Waals surface area contributed by atoms with Gasteiger partial charge in [-0.3, -0.25) is 32.5 Å². The van der Waals surface area contributed by atoms with Crippen molar-refractivity contribution in [1.29, 1.82) is 0 Å². The number of nitrogens with zero attached hydrogens (tertiary/aromatic N) is 4. The molecule has 2 aromatic rings. The van der Waals surface area contributed by atoms with Crippen LogP contribution in [0.4, 0.5) is 5.82 Å². The number of hydrogen-bond donors (Lipinski definition) is 9. The van der Waals surface area contributed by atoms with E-state index in [-0.39, 0.29) is 47.5 Å². The van der Waals surface area contributed by atoms with E-state index in [0.29, 0.717) is 5.75 Å². The maximum absolute atomic E-state index is 12.7. The van der Waals surface area contributed by atoms with Crippen LogP contribution in [0.15, 0.2) is 12.7 Å². The van der Waals surface area contributed by atoms with Crippen molar-refractivity contribution in [3.05, 3.63) is 12.7 Å². The number of carbonyl (C=O) groups is 3. The highest BCUT2D eigenvalue weighted by molar-refractivity contribution is 8.13. The van der Waals surface area contributed by atoms with Crippen molar-refractivity contribution in [2.45, 2.75) is 110 Å². The number of nitrogens with two attached hydrogens (primary N) is 1. The van der Waals surface area contributed by atoms with Crippen LogP contribution in [-0.2, 0) is 50.7 Å². The number of carbonyl (C=O) groups excluding carboxylic acids is 3. The fraction of sp³-hybridized carbons (Fsp3) is 0.750. The van der Waals surface area contributed by atoms with Crippen molar-refractivity contribution in [3.8, 4) is 0 Å². The number of hydrogen-bond acceptors (Lipinski definition) is 18. The number of aliphatic hydroxyl groups is 2. The van der Waals surface area contributed by atoms with Crippen LogP contribution in [0.2, 0.25) is 0 Å². The summed E-state index contributed by atoms with van der Waals surface area (Å²) in [4.78, 5) is 88.3. The Morgan fingerprint density at radius 3 is 2.35 bits per heavy atom. The lowest BCUT2D eigenvalue weighted by molar-refractivity contribution is -0.137. The Morgan fingerprint density at radius 2 is 1.67 bits per heavy atom. The smallest absolute Gasteiger partial charge is 0.386 e. The Kier molecular flexibility index (Phi) is 20.2. The quantitative estimate of drug-likeness (QED) is 0.0457. The molecular weight excluding hydrogens is 879 g/mol. The van der Waals surface area contributed by atoms with Gasteiger partial charge in [0.15, 0.2) is 22.8 Å². The second kappa shape index (κ2) is 23.3. The Morgan fingerprint density at radius 1 is 1.00 bits per heavy atom. The number of nitrogens with one attached hydrogen (secondary N) is 2. The third-order valence-corrected chi connectivity index (χ3v) is 13.3. The number of phosphoric acid groups is 3. The molecule has 2 amide bonds. The van der Waals surface area contributed by atoms with Crippen molar-refractivity contribution in [3.63, 3.8) is 0 Å². The van der Waals surface area contributed by atoms with Crippen LogP contribution < -0.4 is 16.4 Å². The molecule has 28 heteroatoms. The molecule has 0 bridgehead atoms. The first-order valence-electron chi connectivity index (χ1n) is 19.0. The van der Waals surface area contributed by atoms with Gasteiger partial charge in [-0.05, 0) is 6.42 Å². The van der Waals surface area contributed by atoms with E-state index in [9.17, 15) is 57.9 Å². The first-order chi connectivity index (χ1) is 28.0. The van der Waals surface area contributed by atoms with Crippen molar-refractivity contribution in [2.75, 3.05) is 37.8 Å².